The first-order valence-corrected chi connectivity index (χ1v) is 10.5. The number of fused-ring (bicyclic) bond motifs is 3. The van der Waals surface area contributed by atoms with Gasteiger partial charge in [0.25, 0.3) is 0 Å². The molecule has 0 aliphatic carbocycles. The molecule has 0 saturated carbocycles. The van der Waals surface area contributed by atoms with Gasteiger partial charge in [-0.15, -0.1) is 5.10 Å². The number of tetrazole rings is 1. The largest absolute Gasteiger partial charge is 0.423 e. The van der Waals surface area contributed by atoms with Gasteiger partial charge in [-0.3, -0.25) is 0 Å². The Hall–Kier alpha value is -3.45. The fourth-order valence-corrected chi connectivity index (χ4v) is 4.68. The van der Waals surface area contributed by atoms with Crippen molar-refractivity contribution in [3.8, 4) is 5.69 Å². The molecule has 0 spiro atoms. The number of rotatable bonds is 4. The van der Waals surface area contributed by atoms with Crippen LogP contribution >= 0.6 is 11.8 Å². The average molecular weight is 414 g/mol. The van der Waals surface area contributed by atoms with Crippen LogP contribution in [0, 0.1) is 13.8 Å². The van der Waals surface area contributed by atoms with Gasteiger partial charge in [0.05, 0.1) is 5.69 Å². The van der Waals surface area contributed by atoms with Crippen LogP contribution in [0.15, 0.2) is 75.0 Å². The average Bonchev–Trinajstić information content (AvgIpc) is 3.19. The first-order valence-electron chi connectivity index (χ1n) is 9.54. The molecule has 5 rings (SSSR count). The van der Waals surface area contributed by atoms with E-state index in [2.05, 4.69) is 21.6 Å². The van der Waals surface area contributed by atoms with Gasteiger partial charge in [-0.1, -0.05) is 60.3 Å². The zero-order valence-electron chi connectivity index (χ0n) is 16.5. The summed E-state index contributed by atoms with van der Waals surface area (Å²) >= 11 is 1.50. The van der Waals surface area contributed by atoms with Crippen molar-refractivity contribution in [2.24, 2.45) is 0 Å². The summed E-state index contributed by atoms with van der Waals surface area (Å²) < 4.78 is 7.23. The van der Waals surface area contributed by atoms with Gasteiger partial charge in [0.1, 0.15) is 5.58 Å². The lowest BCUT2D eigenvalue weighted by molar-refractivity contribution is 0.560. The molecule has 7 heteroatoms. The maximum absolute atomic E-state index is 12.2. The number of benzene rings is 3. The van der Waals surface area contributed by atoms with E-state index in [0.29, 0.717) is 16.5 Å². The van der Waals surface area contributed by atoms with Crippen LogP contribution in [0.2, 0.25) is 0 Å². The molecule has 0 aliphatic heterocycles. The summed E-state index contributed by atoms with van der Waals surface area (Å²) in [6.45, 7) is 4.08. The van der Waals surface area contributed by atoms with Crippen molar-refractivity contribution in [3.05, 3.63) is 87.8 Å². The standard InChI is InChI=1S/C23H18N4O2S/c1-14-6-5-7-15(2)22(14)27-23(24-25-26-27)30-13-17-12-20(28)29-19-11-10-16-8-3-4-9-18(16)21(17)19/h3-12H,13H2,1-2H3. The highest BCUT2D eigenvalue weighted by Crippen LogP contribution is 2.32. The molecule has 2 aromatic heterocycles. The molecule has 0 bridgehead atoms. The van der Waals surface area contributed by atoms with Crippen LogP contribution in [-0.4, -0.2) is 20.2 Å². The summed E-state index contributed by atoms with van der Waals surface area (Å²) in [7, 11) is 0. The Labute approximate surface area is 176 Å². The van der Waals surface area contributed by atoms with E-state index in [0.717, 1.165) is 38.5 Å². The minimum absolute atomic E-state index is 0.359. The molecule has 0 N–H and O–H groups in total. The highest BCUT2D eigenvalue weighted by atomic mass is 32.2. The number of hydrogen-bond donors (Lipinski definition) is 0. The summed E-state index contributed by atoms with van der Waals surface area (Å²) in [6, 6.07) is 19.6. The second-order valence-corrected chi connectivity index (χ2v) is 8.10. The fraction of sp³-hybridized carbons (Fsp3) is 0.130. The minimum Gasteiger partial charge on any atom is -0.423 e. The van der Waals surface area contributed by atoms with Crippen molar-refractivity contribution in [2.45, 2.75) is 24.8 Å². The first-order chi connectivity index (χ1) is 14.6. The van der Waals surface area contributed by atoms with Crippen molar-refractivity contribution < 1.29 is 4.42 Å². The lowest BCUT2D eigenvalue weighted by Crippen LogP contribution is -2.04. The lowest BCUT2D eigenvalue weighted by Gasteiger charge is -2.11. The Morgan fingerprint density at radius 3 is 2.63 bits per heavy atom. The Morgan fingerprint density at radius 2 is 1.80 bits per heavy atom. The van der Waals surface area contributed by atoms with Gasteiger partial charge < -0.3 is 4.42 Å². The molecule has 3 aromatic carbocycles. The van der Waals surface area contributed by atoms with Gasteiger partial charge in [-0.25, -0.2) is 4.79 Å². The van der Waals surface area contributed by atoms with Crippen LogP contribution < -0.4 is 5.63 Å². The summed E-state index contributed by atoms with van der Waals surface area (Å²) in [5.74, 6) is 0.543. The third-order valence-electron chi connectivity index (χ3n) is 5.16. The predicted molar refractivity (Wildman–Crippen MR) is 118 cm³/mol. The Balaban J connectivity index is 1.58. The first kappa shape index (κ1) is 18.6. The second-order valence-electron chi connectivity index (χ2n) is 7.15. The number of nitrogens with zero attached hydrogens (tertiary/aromatic N) is 4. The van der Waals surface area contributed by atoms with E-state index >= 15 is 0 Å². The monoisotopic (exact) mass is 414 g/mol. The third-order valence-corrected chi connectivity index (χ3v) is 6.13. The van der Waals surface area contributed by atoms with Gasteiger partial charge in [-0.2, -0.15) is 4.68 Å². The van der Waals surface area contributed by atoms with Gasteiger partial charge in [0.2, 0.25) is 5.16 Å². The van der Waals surface area contributed by atoms with Crippen molar-refractivity contribution in [3.63, 3.8) is 0 Å². The summed E-state index contributed by atoms with van der Waals surface area (Å²) in [5.41, 5.74) is 4.31. The zero-order valence-corrected chi connectivity index (χ0v) is 17.3. The third kappa shape index (κ3) is 3.17. The number of aryl methyl sites for hydroxylation is 2. The van der Waals surface area contributed by atoms with Crippen LogP contribution in [0.1, 0.15) is 16.7 Å². The van der Waals surface area contributed by atoms with Crippen molar-refractivity contribution in [1.82, 2.24) is 20.2 Å². The number of hydrogen-bond acceptors (Lipinski definition) is 6. The van der Waals surface area contributed by atoms with Crippen LogP contribution in [0.4, 0.5) is 0 Å². The fourth-order valence-electron chi connectivity index (χ4n) is 3.83. The van der Waals surface area contributed by atoms with Crippen molar-refractivity contribution in [2.75, 3.05) is 0 Å². The zero-order chi connectivity index (χ0) is 20.7. The maximum atomic E-state index is 12.2. The molecule has 2 heterocycles. The highest BCUT2D eigenvalue weighted by molar-refractivity contribution is 7.98. The van der Waals surface area contributed by atoms with E-state index in [1.807, 2.05) is 62.4 Å². The van der Waals surface area contributed by atoms with Gasteiger partial charge in [0, 0.05) is 17.2 Å². The molecule has 0 fully saturated rings. The van der Waals surface area contributed by atoms with Crippen LogP contribution in [0.25, 0.3) is 27.4 Å². The highest BCUT2D eigenvalue weighted by Gasteiger charge is 2.15. The molecular weight excluding hydrogens is 396 g/mol. The van der Waals surface area contributed by atoms with Crippen LogP contribution in [0.3, 0.4) is 0 Å². The molecule has 0 radical (unpaired) electrons. The number of aromatic nitrogens is 4. The summed E-state index contributed by atoms with van der Waals surface area (Å²) in [6.07, 6.45) is 0. The number of thioether (sulfide) groups is 1. The second kappa shape index (κ2) is 7.42. The van der Waals surface area contributed by atoms with Crippen LogP contribution in [0.5, 0.6) is 0 Å². The van der Waals surface area contributed by atoms with Gasteiger partial charge >= 0.3 is 5.63 Å². The molecule has 0 amide bonds. The van der Waals surface area contributed by atoms with E-state index in [1.54, 1.807) is 10.7 Å². The van der Waals surface area contributed by atoms with Crippen molar-refractivity contribution >= 4 is 33.5 Å². The van der Waals surface area contributed by atoms with Gasteiger partial charge in [0.15, 0.2) is 0 Å². The quantitative estimate of drug-likeness (QED) is 0.238. The smallest absolute Gasteiger partial charge is 0.336 e. The van der Waals surface area contributed by atoms with Crippen LogP contribution in [-0.2, 0) is 5.75 Å². The van der Waals surface area contributed by atoms with E-state index in [4.69, 9.17) is 4.42 Å². The molecule has 0 atom stereocenters. The molecule has 0 aliphatic rings. The maximum Gasteiger partial charge on any atom is 0.336 e. The SMILES string of the molecule is Cc1cccc(C)c1-n1nnnc1SCc1cc(=O)oc2ccc3ccccc3c12. The molecule has 6 nitrogen and oxygen atoms in total. The number of para-hydroxylation sites is 1. The summed E-state index contributed by atoms with van der Waals surface area (Å²) in [4.78, 5) is 12.2. The molecule has 5 aromatic rings. The Kier molecular flexibility index (Phi) is 4.59. The van der Waals surface area contributed by atoms with Gasteiger partial charge in [-0.05, 0) is 57.8 Å². The van der Waals surface area contributed by atoms with E-state index in [1.165, 1.54) is 11.8 Å². The van der Waals surface area contributed by atoms with Crippen molar-refractivity contribution in [1.29, 1.82) is 0 Å². The minimum atomic E-state index is -0.359. The molecule has 148 valence electrons. The predicted octanol–water partition coefficient (Wildman–Crippen LogP) is 4.83. The van der Waals surface area contributed by atoms with E-state index in [-0.39, 0.29) is 5.63 Å². The van der Waals surface area contributed by atoms with E-state index in [9.17, 15) is 4.79 Å². The normalized spacial score (nSPS) is 11.4. The Morgan fingerprint density at radius 1 is 1.00 bits per heavy atom. The summed E-state index contributed by atoms with van der Waals surface area (Å²) in [5, 5.41) is 16.1. The topological polar surface area (TPSA) is 73.8 Å². The van der Waals surface area contributed by atoms with E-state index < -0.39 is 0 Å². The molecule has 30 heavy (non-hydrogen) atoms. The Bertz CT molecular complexity index is 1430. The molecule has 0 unspecified atom stereocenters. The molecular formula is C23H18N4O2S. The molecule has 0 saturated heterocycles. The lowest BCUT2D eigenvalue weighted by atomic mass is 10.0.